The Morgan fingerprint density at radius 2 is 1.29 bits per heavy atom. The first-order valence-electron chi connectivity index (χ1n) is 6.52. The predicted molar refractivity (Wildman–Crippen MR) is 62.9 cm³/mol. The SMILES string of the molecule is [2H]c1nc(-c2nc([2H])c(Br)c([2H])c2[2H])c([2H])c([2H])c1Br. The zero-order valence-corrected chi connectivity index (χ0v) is 9.82. The van der Waals surface area contributed by atoms with Crippen LogP contribution in [0.5, 0.6) is 0 Å². The standard InChI is InChI=1S/C10H6Br2N2/c11-7-1-3-9(13-5-7)10-4-2-8(12)6-14-10/h1-6H/i1D,2D,3D,4D,5D,6D. The van der Waals surface area contributed by atoms with E-state index < -0.39 is 0 Å². The highest BCUT2D eigenvalue weighted by Crippen LogP contribution is 2.18. The first kappa shape index (κ1) is 4.86. The lowest BCUT2D eigenvalue weighted by atomic mass is 10.2. The van der Waals surface area contributed by atoms with Crippen LogP contribution in [-0.4, -0.2) is 9.97 Å². The molecule has 0 spiro atoms. The van der Waals surface area contributed by atoms with Crippen molar-refractivity contribution < 1.29 is 8.22 Å². The fourth-order valence-electron chi connectivity index (χ4n) is 0.774. The third kappa shape index (κ3) is 2.19. The Hall–Kier alpha value is -0.740. The Labute approximate surface area is 107 Å². The molecule has 0 atom stereocenters. The molecular weight excluding hydrogens is 308 g/mol. The lowest BCUT2D eigenvalue weighted by Crippen LogP contribution is -1.85. The maximum absolute atomic E-state index is 7.84. The lowest BCUT2D eigenvalue weighted by Gasteiger charge is -1.99. The molecular formula is C10H6Br2N2. The Morgan fingerprint density at radius 1 is 0.857 bits per heavy atom. The van der Waals surface area contributed by atoms with Gasteiger partial charge in [-0.15, -0.1) is 0 Å². The van der Waals surface area contributed by atoms with Crippen molar-refractivity contribution in [2.75, 3.05) is 0 Å². The summed E-state index contributed by atoms with van der Waals surface area (Å²) in [7, 11) is 0. The van der Waals surface area contributed by atoms with Crippen LogP contribution >= 0.6 is 31.9 Å². The Balaban J connectivity index is 2.83. The molecule has 0 saturated heterocycles. The molecule has 0 fully saturated rings. The normalized spacial score (nSPS) is 16.1. The highest BCUT2D eigenvalue weighted by atomic mass is 79.9. The summed E-state index contributed by atoms with van der Waals surface area (Å²) in [5, 5.41) is 0. The van der Waals surface area contributed by atoms with E-state index in [0.29, 0.717) is 0 Å². The molecule has 2 heterocycles. The summed E-state index contributed by atoms with van der Waals surface area (Å²) >= 11 is 5.98. The predicted octanol–water partition coefficient (Wildman–Crippen LogP) is 3.67. The molecule has 0 radical (unpaired) electrons. The van der Waals surface area contributed by atoms with Crippen molar-refractivity contribution in [1.82, 2.24) is 9.97 Å². The molecule has 2 nitrogen and oxygen atoms in total. The third-order valence-corrected chi connectivity index (χ3v) is 2.09. The van der Waals surface area contributed by atoms with Crippen molar-refractivity contribution >= 4 is 31.9 Å². The van der Waals surface area contributed by atoms with Gasteiger partial charge < -0.3 is 0 Å². The Bertz CT molecular complexity index is 660. The van der Waals surface area contributed by atoms with Crippen LogP contribution in [0, 0.1) is 0 Å². The average Bonchev–Trinajstić information content (AvgIpc) is 2.42. The van der Waals surface area contributed by atoms with Gasteiger partial charge in [0.1, 0.15) is 0 Å². The van der Waals surface area contributed by atoms with Gasteiger partial charge in [-0.3, -0.25) is 9.97 Å². The molecule has 0 aliphatic carbocycles. The van der Waals surface area contributed by atoms with Gasteiger partial charge in [0.05, 0.1) is 19.6 Å². The molecule has 0 amide bonds. The van der Waals surface area contributed by atoms with Crippen LogP contribution in [0.1, 0.15) is 8.22 Å². The molecule has 0 unspecified atom stereocenters. The molecule has 14 heavy (non-hydrogen) atoms. The van der Waals surface area contributed by atoms with Crippen molar-refractivity contribution in [3.8, 4) is 11.4 Å². The summed E-state index contributed by atoms with van der Waals surface area (Å²) in [6.45, 7) is 0. The summed E-state index contributed by atoms with van der Waals surface area (Å²) in [5.41, 5.74) is -0.301. The van der Waals surface area contributed by atoms with Crippen LogP contribution in [0.2, 0.25) is 0 Å². The second kappa shape index (κ2) is 4.19. The minimum atomic E-state index is -0.310. The van der Waals surface area contributed by atoms with Crippen molar-refractivity contribution in [2.45, 2.75) is 0 Å². The number of halogens is 2. The van der Waals surface area contributed by atoms with Crippen molar-refractivity contribution in [1.29, 1.82) is 0 Å². The molecule has 0 aliphatic rings. The van der Waals surface area contributed by atoms with Gasteiger partial charge in [0.15, 0.2) is 0 Å². The van der Waals surface area contributed by atoms with Crippen molar-refractivity contribution in [3.63, 3.8) is 0 Å². The zero-order valence-electron chi connectivity index (χ0n) is 12.7. The minimum absolute atomic E-state index is 0.0760. The molecule has 0 aromatic carbocycles. The molecule has 0 bridgehead atoms. The number of hydrogen-bond donors (Lipinski definition) is 0. The van der Waals surface area contributed by atoms with Crippen LogP contribution in [0.15, 0.2) is 45.5 Å². The second-order valence-corrected chi connectivity index (χ2v) is 3.86. The number of pyridine rings is 2. The first-order valence-corrected chi connectivity index (χ1v) is 5.11. The smallest absolute Gasteiger partial charge is 0.0886 e. The quantitative estimate of drug-likeness (QED) is 0.801. The maximum Gasteiger partial charge on any atom is 0.0886 e. The van der Waals surface area contributed by atoms with E-state index >= 15 is 0 Å². The summed E-state index contributed by atoms with van der Waals surface area (Å²) in [5.74, 6) is 0. The van der Waals surface area contributed by atoms with E-state index in [1.807, 2.05) is 0 Å². The van der Waals surface area contributed by atoms with Crippen LogP contribution in [0.4, 0.5) is 0 Å². The lowest BCUT2D eigenvalue weighted by molar-refractivity contribution is 1.23. The molecule has 2 rings (SSSR count). The average molecular weight is 320 g/mol. The van der Waals surface area contributed by atoms with Crippen LogP contribution in [0.3, 0.4) is 0 Å². The van der Waals surface area contributed by atoms with E-state index in [4.69, 9.17) is 8.22 Å². The van der Waals surface area contributed by atoms with E-state index in [2.05, 4.69) is 41.8 Å². The molecule has 70 valence electrons. The highest BCUT2D eigenvalue weighted by Gasteiger charge is 1.99. The van der Waals surface area contributed by atoms with Gasteiger partial charge >= 0.3 is 0 Å². The Morgan fingerprint density at radius 3 is 1.71 bits per heavy atom. The van der Waals surface area contributed by atoms with Crippen molar-refractivity contribution in [2.24, 2.45) is 0 Å². The number of aromatic nitrogens is 2. The van der Waals surface area contributed by atoms with Crippen LogP contribution in [-0.2, 0) is 0 Å². The monoisotopic (exact) mass is 318 g/mol. The van der Waals surface area contributed by atoms with E-state index in [1.54, 1.807) is 0 Å². The summed E-state index contributed by atoms with van der Waals surface area (Å²) in [6.07, 6.45) is -0.522. The summed E-state index contributed by atoms with van der Waals surface area (Å²) in [6, 6.07) is -1.12. The third-order valence-electron chi connectivity index (χ3n) is 1.34. The first-order chi connectivity index (χ1) is 9.25. The molecule has 0 N–H and O–H groups in total. The van der Waals surface area contributed by atoms with Crippen molar-refractivity contribution in [3.05, 3.63) is 45.5 Å². The van der Waals surface area contributed by atoms with E-state index in [1.165, 1.54) is 0 Å². The molecule has 4 heteroatoms. The van der Waals surface area contributed by atoms with E-state index in [-0.39, 0.29) is 56.8 Å². The van der Waals surface area contributed by atoms with Gasteiger partial charge in [-0.05, 0) is 56.0 Å². The van der Waals surface area contributed by atoms with Crippen LogP contribution in [0.25, 0.3) is 11.4 Å². The van der Waals surface area contributed by atoms with Gasteiger partial charge in [0.25, 0.3) is 0 Å². The maximum atomic E-state index is 7.84. The minimum Gasteiger partial charge on any atom is -0.253 e. The Kier molecular flexibility index (Phi) is 1.45. The summed E-state index contributed by atoms with van der Waals surface area (Å²) in [4.78, 5) is 7.65. The molecule has 2 aromatic rings. The van der Waals surface area contributed by atoms with Gasteiger partial charge in [0, 0.05) is 21.3 Å². The topological polar surface area (TPSA) is 25.8 Å². The van der Waals surface area contributed by atoms with Gasteiger partial charge in [-0.1, -0.05) is 0 Å². The largest absolute Gasteiger partial charge is 0.253 e. The number of rotatable bonds is 1. The molecule has 0 saturated carbocycles. The van der Waals surface area contributed by atoms with Gasteiger partial charge in [-0.2, -0.15) is 0 Å². The van der Waals surface area contributed by atoms with Gasteiger partial charge in [0.2, 0.25) is 0 Å². The summed E-state index contributed by atoms with van der Waals surface area (Å²) < 4.78 is 46.5. The zero-order chi connectivity index (χ0) is 15.2. The number of hydrogen-bond acceptors (Lipinski definition) is 2. The second-order valence-electron chi connectivity index (χ2n) is 2.27. The fraction of sp³-hybridized carbons (Fsp3) is 0. The highest BCUT2D eigenvalue weighted by molar-refractivity contribution is 9.10. The van der Waals surface area contributed by atoms with E-state index in [9.17, 15) is 0 Å². The number of nitrogens with zero attached hydrogens (tertiary/aromatic N) is 2. The van der Waals surface area contributed by atoms with Crippen LogP contribution < -0.4 is 0 Å². The van der Waals surface area contributed by atoms with Gasteiger partial charge in [-0.25, -0.2) is 0 Å². The fourth-order valence-corrected chi connectivity index (χ4v) is 1.15. The molecule has 2 aromatic heterocycles. The van der Waals surface area contributed by atoms with E-state index in [0.717, 1.165) is 0 Å². The molecule has 0 aliphatic heterocycles.